The predicted octanol–water partition coefficient (Wildman–Crippen LogP) is 3.89. The summed E-state index contributed by atoms with van der Waals surface area (Å²) in [4.78, 5) is 14.8. The van der Waals surface area contributed by atoms with E-state index in [1.54, 1.807) is 7.05 Å². The lowest BCUT2D eigenvalue weighted by atomic mass is 10.1. The second kappa shape index (κ2) is 9.89. The molecule has 0 unspecified atom stereocenters. The van der Waals surface area contributed by atoms with Crippen LogP contribution in [0.3, 0.4) is 0 Å². The van der Waals surface area contributed by atoms with Crippen molar-refractivity contribution in [2.75, 3.05) is 7.05 Å². The molecular formula is C23H23ClN2O3S. The fourth-order valence-electron chi connectivity index (χ4n) is 3.10. The second-order valence-electron chi connectivity index (χ2n) is 7.00. The first-order valence-corrected chi connectivity index (χ1v) is 11.3. The number of likely N-dealkylation sites (N-methyl/N-ethyl adjacent to an activating group) is 1. The molecule has 0 heterocycles. The lowest BCUT2D eigenvalue weighted by Crippen LogP contribution is -2.48. The van der Waals surface area contributed by atoms with Crippen LogP contribution in [0.5, 0.6) is 0 Å². The number of hydrogen-bond acceptors (Lipinski definition) is 3. The van der Waals surface area contributed by atoms with Gasteiger partial charge in [0.25, 0.3) is 0 Å². The van der Waals surface area contributed by atoms with Crippen LogP contribution in [0.4, 0.5) is 0 Å². The molecule has 3 aromatic carbocycles. The minimum Gasteiger partial charge on any atom is -0.340 e. The zero-order valence-electron chi connectivity index (χ0n) is 16.5. The van der Waals surface area contributed by atoms with E-state index in [1.165, 1.54) is 29.2 Å². The first-order chi connectivity index (χ1) is 14.3. The van der Waals surface area contributed by atoms with Crippen LogP contribution in [-0.4, -0.2) is 32.3 Å². The van der Waals surface area contributed by atoms with Crippen LogP contribution in [0.2, 0.25) is 5.02 Å². The van der Waals surface area contributed by atoms with E-state index in [9.17, 15) is 13.2 Å². The minimum absolute atomic E-state index is 0.0588. The molecule has 156 valence electrons. The van der Waals surface area contributed by atoms with Crippen LogP contribution in [-0.2, 0) is 27.8 Å². The number of nitrogens with one attached hydrogen (secondary N) is 1. The van der Waals surface area contributed by atoms with Crippen LogP contribution in [0, 0.1) is 0 Å². The fraction of sp³-hybridized carbons (Fsp3) is 0.174. The van der Waals surface area contributed by atoms with Crippen LogP contribution in [0.25, 0.3) is 0 Å². The second-order valence-corrected chi connectivity index (χ2v) is 9.15. The Balaban J connectivity index is 1.84. The summed E-state index contributed by atoms with van der Waals surface area (Å²) in [7, 11) is -2.23. The molecule has 3 aromatic rings. The molecule has 0 spiro atoms. The predicted molar refractivity (Wildman–Crippen MR) is 119 cm³/mol. The molecule has 0 saturated carbocycles. The number of halogens is 1. The number of carbonyl (C=O) groups excluding carboxylic acids is 1. The van der Waals surface area contributed by atoms with Crippen LogP contribution in [0.15, 0.2) is 89.8 Å². The van der Waals surface area contributed by atoms with E-state index in [0.29, 0.717) is 11.6 Å². The van der Waals surface area contributed by atoms with Crippen LogP contribution >= 0.6 is 11.6 Å². The lowest BCUT2D eigenvalue weighted by Gasteiger charge is -2.25. The van der Waals surface area contributed by atoms with Gasteiger partial charge in [-0.3, -0.25) is 4.79 Å². The molecular weight excluding hydrogens is 420 g/mol. The summed E-state index contributed by atoms with van der Waals surface area (Å²) in [6.07, 6.45) is 0.242. The van der Waals surface area contributed by atoms with Crippen molar-refractivity contribution in [2.45, 2.75) is 23.9 Å². The van der Waals surface area contributed by atoms with Gasteiger partial charge in [0.1, 0.15) is 6.04 Å². The average molecular weight is 443 g/mol. The van der Waals surface area contributed by atoms with Gasteiger partial charge in [0.15, 0.2) is 0 Å². The normalized spacial score (nSPS) is 12.3. The van der Waals surface area contributed by atoms with E-state index in [-0.39, 0.29) is 17.2 Å². The van der Waals surface area contributed by atoms with Crippen molar-refractivity contribution >= 4 is 27.5 Å². The van der Waals surface area contributed by atoms with Gasteiger partial charge in [-0.25, -0.2) is 8.42 Å². The van der Waals surface area contributed by atoms with Gasteiger partial charge in [0.2, 0.25) is 15.9 Å². The molecule has 0 bridgehead atoms. The average Bonchev–Trinajstić information content (AvgIpc) is 2.74. The third-order valence-corrected chi connectivity index (χ3v) is 6.38. The highest BCUT2D eigenvalue weighted by Crippen LogP contribution is 2.16. The van der Waals surface area contributed by atoms with E-state index in [2.05, 4.69) is 4.72 Å². The number of amides is 1. The summed E-state index contributed by atoms with van der Waals surface area (Å²) in [6.45, 7) is 0.383. The van der Waals surface area contributed by atoms with Gasteiger partial charge in [-0.05, 0) is 41.8 Å². The van der Waals surface area contributed by atoms with Crippen molar-refractivity contribution in [3.63, 3.8) is 0 Å². The molecule has 1 N–H and O–H groups in total. The zero-order chi connectivity index (χ0) is 21.6. The maximum absolute atomic E-state index is 13.2. The monoisotopic (exact) mass is 442 g/mol. The summed E-state index contributed by atoms with van der Waals surface area (Å²) in [5.41, 5.74) is 1.83. The number of carbonyl (C=O) groups is 1. The molecule has 0 fully saturated rings. The molecule has 3 rings (SSSR count). The quantitative estimate of drug-likeness (QED) is 0.575. The number of benzene rings is 3. The van der Waals surface area contributed by atoms with E-state index in [0.717, 1.165) is 11.1 Å². The van der Waals surface area contributed by atoms with Gasteiger partial charge in [0.05, 0.1) is 4.90 Å². The Morgan fingerprint density at radius 2 is 1.43 bits per heavy atom. The minimum atomic E-state index is -3.90. The van der Waals surface area contributed by atoms with Crippen molar-refractivity contribution < 1.29 is 13.2 Å². The maximum Gasteiger partial charge on any atom is 0.241 e. The van der Waals surface area contributed by atoms with E-state index >= 15 is 0 Å². The molecule has 0 radical (unpaired) electrons. The smallest absolute Gasteiger partial charge is 0.241 e. The van der Waals surface area contributed by atoms with Crippen molar-refractivity contribution in [1.29, 1.82) is 0 Å². The standard InChI is InChI=1S/C23H23ClN2O3S/c1-26(17-19-10-6-3-7-11-19)23(27)22(16-18-8-4-2-5-9-18)25-30(28,29)21-14-12-20(24)13-15-21/h2-15,22,25H,16-17H2,1H3/t22-/m1/s1. The lowest BCUT2D eigenvalue weighted by molar-refractivity contribution is -0.132. The largest absolute Gasteiger partial charge is 0.340 e. The Bertz CT molecular complexity index is 1070. The van der Waals surface area contributed by atoms with Gasteiger partial charge in [0, 0.05) is 18.6 Å². The molecule has 0 aliphatic rings. The molecule has 30 heavy (non-hydrogen) atoms. The number of nitrogens with zero attached hydrogens (tertiary/aromatic N) is 1. The highest BCUT2D eigenvalue weighted by molar-refractivity contribution is 7.89. The van der Waals surface area contributed by atoms with Gasteiger partial charge < -0.3 is 4.90 Å². The number of hydrogen-bond donors (Lipinski definition) is 1. The summed E-state index contributed by atoms with van der Waals surface area (Å²) in [5.74, 6) is -0.305. The highest BCUT2D eigenvalue weighted by Gasteiger charge is 2.28. The van der Waals surface area contributed by atoms with Crippen molar-refractivity contribution in [3.05, 3.63) is 101 Å². The van der Waals surface area contributed by atoms with Gasteiger partial charge >= 0.3 is 0 Å². The molecule has 1 amide bonds. The van der Waals surface area contributed by atoms with E-state index in [4.69, 9.17) is 11.6 Å². The van der Waals surface area contributed by atoms with E-state index < -0.39 is 16.1 Å². The Morgan fingerprint density at radius 1 is 0.900 bits per heavy atom. The van der Waals surface area contributed by atoms with Crippen molar-refractivity contribution in [3.8, 4) is 0 Å². The Morgan fingerprint density at radius 3 is 2.00 bits per heavy atom. The third kappa shape index (κ3) is 5.92. The zero-order valence-corrected chi connectivity index (χ0v) is 18.1. The molecule has 5 nitrogen and oxygen atoms in total. The Hall–Kier alpha value is -2.67. The topological polar surface area (TPSA) is 66.5 Å². The molecule has 1 atom stereocenters. The summed E-state index contributed by atoms with van der Waals surface area (Å²) in [5, 5.41) is 0.438. The Labute approximate surface area is 182 Å². The van der Waals surface area contributed by atoms with E-state index in [1.807, 2.05) is 60.7 Å². The van der Waals surface area contributed by atoms with Crippen LogP contribution in [0.1, 0.15) is 11.1 Å². The van der Waals surface area contributed by atoms with Crippen molar-refractivity contribution in [1.82, 2.24) is 9.62 Å². The maximum atomic E-state index is 13.2. The SMILES string of the molecule is CN(Cc1ccccc1)C(=O)[C@@H](Cc1ccccc1)NS(=O)(=O)c1ccc(Cl)cc1. The summed E-state index contributed by atoms with van der Waals surface area (Å²) >= 11 is 5.87. The molecule has 7 heteroatoms. The molecule has 0 aliphatic heterocycles. The van der Waals surface area contributed by atoms with Crippen LogP contribution < -0.4 is 4.72 Å². The van der Waals surface area contributed by atoms with Crippen molar-refractivity contribution in [2.24, 2.45) is 0 Å². The number of sulfonamides is 1. The number of rotatable bonds is 8. The molecule has 0 aromatic heterocycles. The summed E-state index contributed by atoms with van der Waals surface area (Å²) in [6, 6.07) is 23.8. The molecule has 0 saturated heterocycles. The van der Waals surface area contributed by atoms with Gasteiger partial charge in [-0.15, -0.1) is 0 Å². The molecule has 0 aliphatic carbocycles. The summed E-state index contributed by atoms with van der Waals surface area (Å²) < 4.78 is 28.4. The highest BCUT2D eigenvalue weighted by atomic mass is 35.5. The first-order valence-electron chi connectivity index (χ1n) is 9.46. The van der Waals surface area contributed by atoms with Gasteiger partial charge in [-0.1, -0.05) is 72.3 Å². The van der Waals surface area contributed by atoms with Gasteiger partial charge in [-0.2, -0.15) is 4.72 Å². The fourth-order valence-corrected chi connectivity index (χ4v) is 4.41. The third-order valence-electron chi connectivity index (χ3n) is 4.64. The Kier molecular flexibility index (Phi) is 7.26. The first kappa shape index (κ1) is 22.0.